The van der Waals surface area contributed by atoms with Gasteiger partial charge < -0.3 is 16.3 Å². The molecule has 5 nitrogen and oxygen atoms in total. The highest BCUT2D eigenvalue weighted by molar-refractivity contribution is 5.87. The summed E-state index contributed by atoms with van der Waals surface area (Å²) < 4.78 is 0. The minimum atomic E-state index is -0.0288. The fourth-order valence-corrected chi connectivity index (χ4v) is 3.68. The molecule has 2 rings (SSSR count). The number of nitrogens with zero attached hydrogens (tertiary/aromatic N) is 1. The van der Waals surface area contributed by atoms with E-state index in [4.69, 9.17) is 10.9 Å². The van der Waals surface area contributed by atoms with E-state index in [-0.39, 0.29) is 40.5 Å². The van der Waals surface area contributed by atoms with Gasteiger partial charge in [-0.1, -0.05) is 39.3 Å². The lowest BCUT2D eigenvalue weighted by Crippen LogP contribution is -2.43. The van der Waals surface area contributed by atoms with Crippen LogP contribution in [0.25, 0.3) is 0 Å². The Kier molecular flexibility index (Phi) is 3.27. The van der Waals surface area contributed by atoms with Gasteiger partial charge in [0.1, 0.15) is 5.84 Å². The molecule has 5 heteroatoms. The van der Waals surface area contributed by atoms with E-state index < -0.39 is 0 Å². The zero-order valence-corrected chi connectivity index (χ0v) is 12.2. The van der Waals surface area contributed by atoms with Crippen LogP contribution in [0, 0.1) is 22.7 Å². The van der Waals surface area contributed by atoms with Gasteiger partial charge in [0.05, 0.1) is 0 Å². The third kappa shape index (κ3) is 2.09. The maximum Gasteiger partial charge on any atom is 0.224 e. The van der Waals surface area contributed by atoms with Crippen molar-refractivity contribution in [2.75, 3.05) is 0 Å². The lowest BCUT2D eigenvalue weighted by molar-refractivity contribution is -0.124. The molecule has 2 unspecified atom stereocenters. The second-order valence-corrected chi connectivity index (χ2v) is 7.05. The summed E-state index contributed by atoms with van der Waals surface area (Å²) in [6.45, 7) is 8.53. The number of rotatable bonds is 3. The predicted molar refractivity (Wildman–Crippen MR) is 73.7 cm³/mol. The van der Waals surface area contributed by atoms with E-state index >= 15 is 0 Å². The molecule has 0 aliphatic heterocycles. The molecule has 1 amide bonds. The molecule has 2 atom stereocenters. The van der Waals surface area contributed by atoms with E-state index in [1.54, 1.807) is 0 Å². The van der Waals surface area contributed by atoms with Crippen molar-refractivity contribution in [1.29, 1.82) is 0 Å². The van der Waals surface area contributed by atoms with Gasteiger partial charge in [-0.05, 0) is 23.7 Å². The Morgan fingerprint density at radius 3 is 2.32 bits per heavy atom. The maximum atomic E-state index is 12.4. The molecule has 0 aromatic heterocycles. The van der Waals surface area contributed by atoms with Crippen LogP contribution in [0.3, 0.4) is 0 Å². The average molecular weight is 267 g/mol. The van der Waals surface area contributed by atoms with Gasteiger partial charge in [-0.25, -0.2) is 0 Å². The van der Waals surface area contributed by atoms with E-state index in [2.05, 4.69) is 38.2 Å². The molecule has 0 aromatic rings. The van der Waals surface area contributed by atoms with Crippen molar-refractivity contribution in [2.24, 2.45) is 33.6 Å². The largest absolute Gasteiger partial charge is 0.409 e. The normalized spacial score (nSPS) is 33.2. The molecule has 4 N–H and O–H groups in total. The number of hydrogen-bond acceptors (Lipinski definition) is 3. The summed E-state index contributed by atoms with van der Waals surface area (Å²) in [6, 6.07) is 0.00981. The van der Waals surface area contributed by atoms with Crippen LogP contribution in [0.2, 0.25) is 0 Å². The molecule has 0 radical (unpaired) electrons. The van der Waals surface area contributed by atoms with Crippen LogP contribution in [-0.2, 0) is 4.79 Å². The van der Waals surface area contributed by atoms with Crippen molar-refractivity contribution < 1.29 is 10.0 Å². The van der Waals surface area contributed by atoms with Crippen LogP contribution in [0.1, 0.15) is 47.0 Å². The fraction of sp³-hybridized carbons (Fsp3) is 0.857. The van der Waals surface area contributed by atoms with E-state index in [1.165, 1.54) is 0 Å². The van der Waals surface area contributed by atoms with Crippen LogP contribution in [0.5, 0.6) is 0 Å². The highest BCUT2D eigenvalue weighted by Gasteiger charge is 2.68. The first-order chi connectivity index (χ1) is 8.73. The zero-order chi connectivity index (χ0) is 14.4. The van der Waals surface area contributed by atoms with Crippen LogP contribution in [0.15, 0.2) is 5.16 Å². The standard InChI is InChI=1S/C14H25N3O2/c1-13(2)10(14(13,3)4)12(18)16-9-7-5-6-8(9)11(15)17-19/h8-10,19H,5-7H2,1-4H3,(H2,15,17)(H,16,18). The van der Waals surface area contributed by atoms with Crippen LogP contribution in [-0.4, -0.2) is 23.0 Å². The smallest absolute Gasteiger partial charge is 0.224 e. The highest BCUT2D eigenvalue weighted by Crippen LogP contribution is 2.68. The molecule has 0 bridgehead atoms. The van der Waals surface area contributed by atoms with Crippen molar-refractivity contribution >= 4 is 11.7 Å². The summed E-state index contributed by atoms with van der Waals surface area (Å²) >= 11 is 0. The molecular formula is C14H25N3O2. The number of hydrogen-bond donors (Lipinski definition) is 3. The maximum absolute atomic E-state index is 12.4. The van der Waals surface area contributed by atoms with Crippen molar-refractivity contribution in [3.05, 3.63) is 0 Å². The summed E-state index contributed by atoms with van der Waals surface area (Å²) in [6.07, 6.45) is 2.78. The zero-order valence-electron chi connectivity index (χ0n) is 12.2. The highest BCUT2D eigenvalue weighted by atomic mass is 16.4. The Labute approximate surface area is 114 Å². The molecule has 0 spiro atoms. The Morgan fingerprint density at radius 2 is 1.84 bits per heavy atom. The van der Waals surface area contributed by atoms with E-state index in [0.717, 1.165) is 19.3 Å². The van der Waals surface area contributed by atoms with Crippen LogP contribution in [0.4, 0.5) is 0 Å². The second-order valence-electron chi connectivity index (χ2n) is 7.05. The predicted octanol–water partition coefficient (Wildman–Crippen LogP) is 1.70. The average Bonchev–Trinajstić information content (AvgIpc) is 2.68. The number of nitrogens with two attached hydrogens (primary N) is 1. The minimum Gasteiger partial charge on any atom is -0.409 e. The monoisotopic (exact) mass is 267 g/mol. The molecule has 19 heavy (non-hydrogen) atoms. The summed E-state index contributed by atoms with van der Waals surface area (Å²) in [7, 11) is 0. The van der Waals surface area contributed by atoms with Gasteiger partial charge in [0, 0.05) is 17.9 Å². The van der Waals surface area contributed by atoms with Gasteiger partial charge in [-0.15, -0.1) is 0 Å². The molecular weight excluding hydrogens is 242 g/mol. The van der Waals surface area contributed by atoms with Gasteiger partial charge in [0.2, 0.25) is 5.91 Å². The summed E-state index contributed by atoms with van der Waals surface area (Å²) in [5.74, 6) is 0.363. The fourth-order valence-electron chi connectivity index (χ4n) is 3.68. The van der Waals surface area contributed by atoms with Crippen molar-refractivity contribution in [3.8, 4) is 0 Å². The molecule has 0 aromatic carbocycles. The summed E-state index contributed by atoms with van der Waals surface area (Å²) in [5, 5.41) is 15.0. The van der Waals surface area contributed by atoms with E-state index in [9.17, 15) is 4.79 Å². The third-order valence-electron chi connectivity index (χ3n) is 5.62. The summed E-state index contributed by atoms with van der Waals surface area (Å²) in [5.41, 5.74) is 5.78. The topological polar surface area (TPSA) is 87.7 Å². The van der Waals surface area contributed by atoms with Crippen molar-refractivity contribution in [2.45, 2.75) is 53.0 Å². The van der Waals surface area contributed by atoms with Gasteiger partial charge in [0.25, 0.3) is 0 Å². The van der Waals surface area contributed by atoms with E-state index in [0.29, 0.717) is 0 Å². The van der Waals surface area contributed by atoms with Gasteiger partial charge >= 0.3 is 0 Å². The number of carbonyl (C=O) groups excluding carboxylic acids is 1. The number of amidine groups is 1. The third-order valence-corrected chi connectivity index (χ3v) is 5.62. The minimum absolute atomic E-state index is 0.00981. The Hall–Kier alpha value is -1.26. The Morgan fingerprint density at radius 1 is 1.26 bits per heavy atom. The van der Waals surface area contributed by atoms with Gasteiger partial charge in [-0.2, -0.15) is 0 Å². The first-order valence-corrected chi connectivity index (χ1v) is 7.01. The molecule has 2 saturated carbocycles. The number of carbonyl (C=O) groups is 1. The van der Waals surface area contributed by atoms with Crippen LogP contribution < -0.4 is 11.1 Å². The number of oxime groups is 1. The molecule has 0 saturated heterocycles. The molecule has 2 fully saturated rings. The molecule has 2 aliphatic rings. The first kappa shape index (κ1) is 14.2. The molecule has 108 valence electrons. The van der Waals surface area contributed by atoms with Crippen molar-refractivity contribution in [3.63, 3.8) is 0 Å². The first-order valence-electron chi connectivity index (χ1n) is 7.01. The van der Waals surface area contributed by atoms with Gasteiger partial charge in [-0.3, -0.25) is 4.79 Å². The van der Waals surface area contributed by atoms with Gasteiger partial charge in [0.15, 0.2) is 0 Å². The Bertz CT molecular complexity index is 401. The van der Waals surface area contributed by atoms with Crippen LogP contribution >= 0.6 is 0 Å². The molecule has 2 aliphatic carbocycles. The van der Waals surface area contributed by atoms with E-state index in [1.807, 2.05) is 0 Å². The summed E-state index contributed by atoms with van der Waals surface area (Å²) in [4.78, 5) is 12.4. The lowest BCUT2D eigenvalue weighted by atomic mass is 10.0. The second kappa shape index (κ2) is 4.39. The number of nitrogens with one attached hydrogen (secondary N) is 1. The quantitative estimate of drug-likeness (QED) is 0.315. The van der Waals surface area contributed by atoms with Crippen molar-refractivity contribution in [1.82, 2.24) is 5.32 Å². The lowest BCUT2D eigenvalue weighted by Gasteiger charge is -2.20. The number of amides is 1. The SMILES string of the molecule is CC1(C)C(C(=O)NC2CCCC2C(N)=NO)C1(C)C. The molecule has 0 heterocycles. The Balaban J connectivity index is 2.01.